The number of hydrogen-bond donors (Lipinski definition) is 0. The molecule has 0 bridgehead atoms. The van der Waals surface area contributed by atoms with Gasteiger partial charge in [0.25, 0.3) is 0 Å². The number of nitrogens with zero attached hydrogens (tertiary/aromatic N) is 1. The van der Waals surface area contributed by atoms with Crippen LogP contribution in [0.3, 0.4) is 0 Å². The molecule has 0 saturated carbocycles. The van der Waals surface area contributed by atoms with E-state index in [1.807, 2.05) is 24.3 Å². The topological polar surface area (TPSA) is 38.8 Å². The lowest BCUT2D eigenvalue weighted by molar-refractivity contribution is 0.389. The van der Waals surface area contributed by atoms with Crippen LogP contribution in [0.2, 0.25) is 0 Å². The molecule has 0 unspecified atom stereocenters. The van der Waals surface area contributed by atoms with Crippen LogP contribution in [0.25, 0.3) is 66.3 Å². The first kappa shape index (κ1) is 33.8. The molecule has 0 radical (unpaired) electrons. The number of para-hydroxylation sites is 2. The molecule has 0 amide bonds. The number of ether oxygens (including phenoxy) is 1. The van der Waals surface area contributed by atoms with Crippen LogP contribution in [0.4, 0.5) is 17.1 Å². The highest BCUT2D eigenvalue weighted by Gasteiger charge is 2.54. The monoisotopic (exact) mass is 781 g/mol. The fourth-order valence-electron chi connectivity index (χ4n) is 10.1. The van der Waals surface area contributed by atoms with Gasteiger partial charge >= 0.3 is 0 Å². The maximum absolute atomic E-state index is 7.18. The summed E-state index contributed by atoms with van der Waals surface area (Å²) in [4.78, 5) is 2.36. The molecule has 11 aromatic rings. The highest BCUT2D eigenvalue weighted by Crippen LogP contribution is 2.64. The van der Waals surface area contributed by atoms with Gasteiger partial charge in [-0.05, 0) is 105 Å². The molecule has 1 aliphatic carbocycles. The molecule has 0 fully saturated rings. The van der Waals surface area contributed by atoms with Gasteiger partial charge in [0.15, 0.2) is 11.5 Å². The van der Waals surface area contributed by atoms with E-state index in [1.54, 1.807) is 0 Å². The molecule has 0 saturated heterocycles. The Morgan fingerprint density at radius 2 is 0.885 bits per heavy atom. The average molecular weight is 782 g/mol. The number of hydrogen-bond acceptors (Lipinski definition) is 4. The van der Waals surface area contributed by atoms with Crippen molar-refractivity contribution in [1.29, 1.82) is 0 Å². The van der Waals surface area contributed by atoms with Crippen molar-refractivity contribution in [2.24, 2.45) is 0 Å². The lowest BCUT2D eigenvalue weighted by atomic mass is 9.69. The van der Waals surface area contributed by atoms with Crippen molar-refractivity contribution in [3.8, 4) is 44.9 Å². The molecule has 1 spiro atoms. The van der Waals surface area contributed by atoms with Crippen LogP contribution < -0.4 is 9.64 Å². The smallest absolute Gasteiger partial charge is 0.178 e. The van der Waals surface area contributed by atoms with Gasteiger partial charge < -0.3 is 18.5 Å². The van der Waals surface area contributed by atoms with E-state index in [4.69, 9.17) is 13.6 Å². The minimum Gasteiger partial charge on any atom is -0.456 e. The molecule has 3 heterocycles. The van der Waals surface area contributed by atoms with Gasteiger partial charge in [-0.1, -0.05) is 146 Å². The van der Waals surface area contributed by atoms with E-state index in [-0.39, 0.29) is 0 Å². The average Bonchev–Trinajstić information content (AvgIpc) is 3.98. The summed E-state index contributed by atoms with van der Waals surface area (Å²) in [5.41, 5.74) is 15.1. The van der Waals surface area contributed by atoms with Gasteiger partial charge in [-0.2, -0.15) is 0 Å². The third-order valence-electron chi connectivity index (χ3n) is 12.7. The van der Waals surface area contributed by atoms with Gasteiger partial charge in [-0.25, -0.2) is 0 Å². The molecule has 2 aliphatic rings. The van der Waals surface area contributed by atoms with E-state index >= 15 is 0 Å². The molecule has 0 atom stereocenters. The second kappa shape index (κ2) is 13.0. The van der Waals surface area contributed by atoms with E-state index in [0.717, 1.165) is 95.0 Å². The highest BCUT2D eigenvalue weighted by atomic mass is 16.5. The zero-order chi connectivity index (χ0) is 40.1. The molecular formula is C57H35NO3. The summed E-state index contributed by atoms with van der Waals surface area (Å²) in [6.45, 7) is 0. The number of furan rings is 2. The van der Waals surface area contributed by atoms with Crippen molar-refractivity contribution in [1.82, 2.24) is 0 Å². The fourth-order valence-corrected chi connectivity index (χ4v) is 10.1. The SMILES string of the molecule is c1ccc(-c2cc(-c3ccccc3)cc(N(c3ccc4c(c3)Oc3c(oc5ccccc35)C43c4ccccc4-c4ccccc43)c3ccc4oc5ccccc5c4c3)c2)cc1. The number of benzene rings is 9. The van der Waals surface area contributed by atoms with Crippen molar-refractivity contribution in [2.75, 3.05) is 4.90 Å². The van der Waals surface area contributed by atoms with Gasteiger partial charge in [0, 0.05) is 39.5 Å². The van der Waals surface area contributed by atoms with E-state index in [0.29, 0.717) is 0 Å². The Kier molecular flexibility index (Phi) is 7.19. The van der Waals surface area contributed by atoms with Gasteiger partial charge in [-0.3, -0.25) is 0 Å². The Bertz CT molecular complexity index is 3420. The summed E-state index contributed by atoms with van der Waals surface area (Å²) in [7, 11) is 0. The Balaban J connectivity index is 1.09. The lowest BCUT2D eigenvalue weighted by Gasteiger charge is -2.37. The van der Waals surface area contributed by atoms with E-state index < -0.39 is 5.41 Å². The number of anilines is 3. The molecule has 9 aromatic carbocycles. The second-order valence-corrected chi connectivity index (χ2v) is 16.0. The fraction of sp³-hybridized carbons (Fsp3) is 0.0175. The predicted molar refractivity (Wildman–Crippen MR) is 246 cm³/mol. The molecule has 1 aliphatic heterocycles. The van der Waals surface area contributed by atoms with Crippen LogP contribution in [0.5, 0.6) is 11.5 Å². The van der Waals surface area contributed by atoms with Crippen LogP contribution in [-0.2, 0) is 5.41 Å². The Morgan fingerprint density at radius 1 is 0.344 bits per heavy atom. The minimum absolute atomic E-state index is 0.735. The number of rotatable bonds is 5. The first-order valence-corrected chi connectivity index (χ1v) is 20.7. The van der Waals surface area contributed by atoms with Crippen LogP contribution in [0.1, 0.15) is 22.5 Å². The standard InChI is InChI=1S/C57H35NO3/c1-3-15-36(16-4-1)38-31-39(37-17-5-2-6-18-37)33-42(32-38)58(40-28-30-53-47(34-40)45-21-9-13-25-51(45)59-53)41-27-29-50-54(35-41)60-55-46-22-10-14-26-52(46)61-56(55)57(50)48-23-11-7-19-43(48)44-20-8-12-24-49(44)57/h1-35H. The minimum atomic E-state index is -0.735. The summed E-state index contributed by atoms with van der Waals surface area (Å²) >= 11 is 0. The van der Waals surface area contributed by atoms with Crippen LogP contribution >= 0.6 is 0 Å². The maximum Gasteiger partial charge on any atom is 0.178 e. The normalized spacial score (nSPS) is 13.2. The van der Waals surface area contributed by atoms with Crippen LogP contribution in [-0.4, -0.2) is 0 Å². The summed E-state index contributed by atoms with van der Waals surface area (Å²) in [5, 5.41) is 3.09. The summed E-state index contributed by atoms with van der Waals surface area (Å²) in [6, 6.07) is 75.4. The van der Waals surface area contributed by atoms with E-state index in [1.165, 1.54) is 22.3 Å². The van der Waals surface area contributed by atoms with Crippen LogP contribution in [0, 0.1) is 0 Å². The largest absolute Gasteiger partial charge is 0.456 e. The van der Waals surface area contributed by atoms with Crippen molar-refractivity contribution in [2.45, 2.75) is 5.41 Å². The molecule has 286 valence electrons. The van der Waals surface area contributed by atoms with Gasteiger partial charge in [-0.15, -0.1) is 0 Å². The molecule has 13 rings (SSSR count). The third-order valence-corrected chi connectivity index (χ3v) is 12.7. The summed E-state index contributed by atoms with van der Waals surface area (Å²) in [5.74, 6) is 2.34. The summed E-state index contributed by atoms with van der Waals surface area (Å²) in [6.07, 6.45) is 0. The van der Waals surface area contributed by atoms with Crippen molar-refractivity contribution < 1.29 is 13.6 Å². The predicted octanol–water partition coefficient (Wildman–Crippen LogP) is 15.6. The molecule has 4 nitrogen and oxygen atoms in total. The Labute approximate surface area is 352 Å². The highest BCUT2D eigenvalue weighted by molar-refractivity contribution is 6.07. The van der Waals surface area contributed by atoms with Gasteiger partial charge in [0.05, 0.1) is 5.39 Å². The Morgan fingerprint density at radius 3 is 1.57 bits per heavy atom. The van der Waals surface area contributed by atoms with Crippen molar-refractivity contribution in [3.63, 3.8) is 0 Å². The third kappa shape index (κ3) is 4.93. The second-order valence-electron chi connectivity index (χ2n) is 16.0. The van der Waals surface area contributed by atoms with Crippen molar-refractivity contribution in [3.05, 3.63) is 235 Å². The zero-order valence-electron chi connectivity index (χ0n) is 32.9. The lowest BCUT2D eigenvalue weighted by Crippen LogP contribution is -2.31. The van der Waals surface area contributed by atoms with Crippen LogP contribution in [0.15, 0.2) is 221 Å². The molecular weight excluding hydrogens is 747 g/mol. The van der Waals surface area contributed by atoms with Gasteiger partial charge in [0.2, 0.25) is 0 Å². The number of fused-ring (bicyclic) bond motifs is 14. The maximum atomic E-state index is 7.18. The molecule has 4 heteroatoms. The Hall–Kier alpha value is -8.08. The summed E-state index contributed by atoms with van der Waals surface area (Å²) < 4.78 is 20.5. The van der Waals surface area contributed by atoms with Crippen molar-refractivity contribution >= 4 is 50.0 Å². The van der Waals surface area contributed by atoms with Gasteiger partial charge in [0.1, 0.15) is 27.9 Å². The first-order chi connectivity index (χ1) is 30.2. The van der Waals surface area contributed by atoms with E-state index in [9.17, 15) is 0 Å². The molecule has 61 heavy (non-hydrogen) atoms. The quantitative estimate of drug-likeness (QED) is 0.174. The molecule has 0 N–H and O–H groups in total. The zero-order valence-corrected chi connectivity index (χ0v) is 32.9. The first-order valence-electron chi connectivity index (χ1n) is 20.7. The van der Waals surface area contributed by atoms with E-state index in [2.05, 4.69) is 193 Å². The molecule has 2 aromatic heterocycles.